The Bertz CT molecular complexity index is 342. The van der Waals surface area contributed by atoms with Crippen LogP contribution in [0.5, 0.6) is 0 Å². The maximum atomic E-state index is 11.9. The van der Waals surface area contributed by atoms with Crippen LogP contribution in [0.3, 0.4) is 0 Å². The van der Waals surface area contributed by atoms with Crippen molar-refractivity contribution >= 4 is 5.97 Å². The highest BCUT2D eigenvalue weighted by molar-refractivity contribution is 5.75. The number of ether oxygens (including phenoxy) is 3. The average Bonchev–Trinajstić information content (AvgIpc) is 2.57. The van der Waals surface area contributed by atoms with Crippen molar-refractivity contribution in [2.45, 2.75) is 58.2 Å². The fourth-order valence-electron chi connectivity index (χ4n) is 1.91. The van der Waals surface area contributed by atoms with Crippen LogP contribution in [-0.4, -0.2) is 41.3 Å². The predicted octanol–water partition coefficient (Wildman–Crippen LogP) is 1.64. The summed E-state index contributed by atoms with van der Waals surface area (Å²) in [6.07, 6.45) is -0.210. The smallest absolute Gasteiger partial charge is 0.336 e. The molecule has 0 unspecified atom stereocenters. The molecule has 0 aromatic carbocycles. The van der Waals surface area contributed by atoms with Gasteiger partial charge in [0.1, 0.15) is 5.60 Å². The molecule has 3 atom stereocenters. The lowest BCUT2D eigenvalue weighted by Gasteiger charge is -2.27. The molecular weight excluding hydrogens is 248 g/mol. The van der Waals surface area contributed by atoms with Gasteiger partial charge in [0.25, 0.3) is 0 Å². The van der Waals surface area contributed by atoms with Crippen molar-refractivity contribution < 1.29 is 24.1 Å². The molecule has 0 aliphatic carbocycles. The molecule has 1 rings (SSSR count). The van der Waals surface area contributed by atoms with Crippen molar-refractivity contribution in [1.82, 2.24) is 0 Å². The van der Waals surface area contributed by atoms with E-state index in [0.29, 0.717) is 6.61 Å². The van der Waals surface area contributed by atoms with Crippen LogP contribution in [0.4, 0.5) is 0 Å². The second-order valence-electron chi connectivity index (χ2n) is 6.16. The number of aliphatic hydroxyl groups is 1. The molecule has 1 saturated heterocycles. The molecule has 0 aromatic rings. The van der Waals surface area contributed by atoms with E-state index in [9.17, 15) is 9.90 Å². The third-order valence-corrected chi connectivity index (χ3v) is 2.74. The Morgan fingerprint density at radius 2 is 2.11 bits per heavy atom. The number of hydrogen-bond acceptors (Lipinski definition) is 5. The summed E-state index contributed by atoms with van der Waals surface area (Å²) in [4.78, 5) is 11.9. The molecule has 0 bridgehead atoms. The molecule has 1 N–H and O–H groups in total. The predicted molar refractivity (Wildman–Crippen MR) is 70.4 cm³/mol. The van der Waals surface area contributed by atoms with Crippen LogP contribution in [0, 0.1) is 5.92 Å². The van der Waals surface area contributed by atoms with Gasteiger partial charge in [-0.05, 0) is 34.6 Å². The van der Waals surface area contributed by atoms with E-state index < -0.39 is 35.5 Å². The van der Waals surface area contributed by atoms with E-state index in [2.05, 4.69) is 6.58 Å². The standard InChI is InChI=1S/C14H24O5/c1-7-9(10-8-17-14(5,6)18-10)11(15)12(16)19-13(2,3)4/h7,9-11,15H,1,8H2,2-6H3/t9-,10+,11-/m1/s1. The highest BCUT2D eigenvalue weighted by Gasteiger charge is 2.41. The zero-order valence-electron chi connectivity index (χ0n) is 12.3. The summed E-state index contributed by atoms with van der Waals surface area (Å²) in [5.41, 5.74) is -0.643. The Morgan fingerprint density at radius 1 is 1.53 bits per heavy atom. The van der Waals surface area contributed by atoms with Gasteiger partial charge in [0, 0.05) is 5.92 Å². The number of carbonyl (C=O) groups excluding carboxylic acids is 1. The van der Waals surface area contributed by atoms with E-state index in [1.54, 1.807) is 34.6 Å². The fourth-order valence-corrected chi connectivity index (χ4v) is 1.91. The topological polar surface area (TPSA) is 65.0 Å². The lowest BCUT2D eigenvalue weighted by Crippen LogP contribution is -2.41. The van der Waals surface area contributed by atoms with Crippen molar-refractivity contribution in [3.8, 4) is 0 Å². The first kappa shape index (κ1) is 16.1. The Balaban J connectivity index is 2.70. The lowest BCUT2D eigenvalue weighted by atomic mass is 9.96. The number of aliphatic hydroxyl groups excluding tert-OH is 1. The highest BCUT2D eigenvalue weighted by Crippen LogP contribution is 2.29. The van der Waals surface area contributed by atoms with Crippen LogP contribution in [0.15, 0.2) is 12.7 Å². The van der Waals surface area contributed by atoms with Gasteiger partial charge >= 0.3 is 5.97 Å². The molecule has 0 radical (unpaired) electrons. The SMILES string of the molecule is C=C[C@H]([C@@H]1COC(C)(C)O1)[C@@H](O)C(=O)OC(C)(C)C. The van der Waals surface area contributed by atoms with Crippen molar-refractivity contribution in [2.75, 3.05) is 6.61 Å². The van der Waals surface area contributed by atoms with Gasteiger partial charge in [0.15, 0.2) is 11.9 Å². The first-order chi connectivity index (χ1) is 8.56. The van der Waals surface area contributed by atoms with Crippen molar-refractivity contribution in [1.29, 1.82) is 0 Å². The van der Waals surface area contributed by atoms with Gasteiger partial charge < -0.3 is 19.3 Å². The molecule has 1 fully saturated rings. The zero-order valence-corrected chi connectivity index (χ0v) is 12.3. The molecule has 0 spiro atoms. The summed E-state index contributed by atoms with van der Waals surface area (Å²) < 4.78 is 16.2. The minimum atomic E-state index is -1.31. The largest absolute Gasteiger partial charge is 0.458 e. The van der Waals surface area contributed by atoms with Crippen molar-refractivity contribution in [3.63, 3.8) is 0 Å². The molecule has 0 aromatic heterocycles. The van der Waals surface area contributed by atoms with Crippen LogP contribution in [-0.2, 0) is 19.0 Å². The van der Waals surface area contributed by atoms with Gasteiger partial charge in [-0.15, -0.1) is 6.58 Å². The summed E-state index contributed by atoms with van der Waals surface area (Å²) >= 11 is 0. The van der Waals surface area contributed by atoms with Crippen LogP contribution in [0.2, 0.25) is 0 Å². The molecule has 0 amide bonds. The van der Waals surface area contributed by atoms with Gasteiger partial charge in [-0.25, -0.2) is 4.79 Å². The molecular formula is C14H24O5. The van der Waals surface area contributed by atoms with Gasteiger partial charge in [-0.3, -0.25) is 0 Å². The summed E-state index contributed by atoms with van der Waals surface area (Å²) in [5.74, 6) is -1.94. The van der Waals surface area contributed by atoms with Gasteiger partial charge in [0.2, 0.25) is 0 Å². The van der Waals surface area contributed by atoms with Gasteiger partial charge in [-0.2, -0.15) is 0 Å². The summed E-state index contributed by atoms with van der Waals surface area (Å²) in [6.45, 7) is 12.8. The third-order valence-electron chi connectivity index (χ3n) is 2.74. The first-order valence-electron chi connectivity index (χ1n) is 6.41. The highest BCUT2D eigenvalue weighted by atomic mass is 16.7. The normalized spacial score (nSPS) is 25.7. The number of hydrogen-bond donors (Lipinski definition) is 1. The molecule has 1 aliphatic heterocycles. The number of carbonyl (C=O) groups is 1. The number of esters is 1. The summed E-state index contributed by atoms with van der Waals surface area (Å²) in [6, 6.07) is 0. The van der Waals surface area contributed by atoms with E-state index in [0.717, 1.165) is 0 Å². The van der Waals surface area contributed by atoms with E-state index in [1.807, 2.05) is 0 Å². The van der Waals surface area contributed by atoms with Crippen molar-refractivity contribution in [2.24, 2.45) is 5.92 Å². The number of rotatable bonds is 4. The fraction of sp³-hybridized carbons (Fsp3) is 0.786. The van der Waals surface area contributed by atoms with E-state index in [4.69, 9.17) is 14.2 Å². The third kappa shape index (κ3) is 4.60. The molecule has 5 nitrogen and oxygen atoms in total. The monoisotopic (exact) mass is 272 g/mol. The first-order valence-corrected chi connectivity index (χ1v) is 6.41. The Kier molecular flexibility index (Phi) is 4.76. The second-order valence-corrected chi connectivity index (χ2v) is 6.16. The molecule has 19 heavy (non-hydrogen) atoms. The van der Waals surface area contributed by atoms with Gasteiger partial charge in [0.05, 0.1) is 12.7 Å². The van der Waals surface area contributed by atoms with Crippen LogP contribution >= 0.6 is 0 Å². The average molecular weight is 272 g/mol. The quantitative estimate of drug-likeness (QED) is 0.622. The minimum Gasteiger partial charge on any atom is -0.458 e. The van der Waals surface area contributed by atoms with Crippen LogP contribution < -0.4 is 0 Å². The zero-order chi connectivity index (χ0) is 14.8. The molecule has 110 valence electrons. The van der Waals surface area contributed by atoms with E-state index in [-0.39, 0.29) is 0 Å². The molecule has 1 aliphatic rings. The summed E-state index contributed by atoms with van der Waals surface area (Å²) in [7, 11) is 0. The Hall–Kier alpha value is -0.910. The summed E-state index contributed by atoms with van der Waals surface area (Å²) in [5, 5.41) is 10.1. The second kappa shape index (κ2) is 5.61. The van der Waals surface area contributed by atoms with Gasteiger partial charge in [-0.1, -0.05) is 6.08 Å². The van der Waals surface area contributed by atoms with E-state index in [1.165, 1.54) is 6.08 Å². The van der Waals surface area contributed by atoms with Crippen molar-refractivity contribution in [3.05, 3.63) is 12.7 Å². The van der Waals surface area contributed by atoms with Crippen LogP contribution in [0.1, 0.15) is 34.6 Å². The molecule has 1 heterocycles. The Labute approximate surface area is 114 Å². The Morgan fingerprint density at radius 3 is 2.47 bits per heavy atom. The molecule has 5 heteroatoms. The lowest BCUT2D eigenvalue weighted by molar-refractivity contribution is -0.174. The van der Waals surface area contributed by atoms with E-state index >= 15 is 0 Å². The molecule has 0 saturated carbocycles. The maximum Gasteiger partial charge on any atom is 0.336 e. The van der Waals surface area contributed by atoms with Crippen LogP contribution in [0.25, 0.3) is 0 Å². The minimum absolute atomic E-state index is 0.309. The maximum absolute atomic E-state index is 11.9.